The van der Waals surface area contributed by atoms with Crippen LogP contribution in [0.4, 0.5) is 18.0 Å². The fourth-order valence-corrected chi connectivity index (χ4v) is 3.52. The number of halogens is 3. The molecule has 0 aliphatic heterocycles. The number of ether oxygens (including phenoxy) is 1. The van der Waals surface area contributed by atoms with Crippen molar-refractivity contribution in [3.8, 4) is 11.1 Å². The third-order valence-corrected chi connectivity index (χ3v) is 5.50. The van der Waals surface area contributed by atoms with Gasteiger partial charge in [-0.25, -0.2) is 4.79 Å². The van der Waals surface area contributed by atoms with Crippen LogP contribution in [0.3, 0.4) is 0 Å². The molecule has 0 radical (unpaired) electrons. The van der Waals surface area contributed by atoms with Crippen LogP contribution in [0.15, 0.2) is 48.5 Å². The first kappa shape index (κ1) is 28.2. The lowest BCUT2D eigenvalue weighted by atomic mass is 10.0. The van der Waals surface area contributed by atoms with Crippen LogP contribution in [0, 0.1) is 0 Å². The first-order valence-electron chi connectivity index (χ1n) is 11.8. The molecule has 8 heteroatoms. The van der Waals surface area contributed by atoms with Gasteiger partial charge in [0.15, 0.2) is 0 Å². The molecule has 192 valence electrons. The molecule has 5 nitrogen and oxygen atoms in total. The fourth-order valence-electron chi connectivity index (χ4n) is 3.52. The van der Waals surface area contributed by atoms with Gasteiger partial charge in [-0.15, -0.1) is 0 Å². The Morgan fingerprint density at radius 1 is 0.971 bits per heavy atom. The number of carbonyl (C=O) groups excluding carboxylic acids is 2. The van der Waals surface area contributed by atoms with E-state index in [9.17, 15) is 22.8 Å². The second-order valence-electron chi connectivity index (χ2n) is 9.56. The van der Waals surface area contributed by atoms with Gasteiger partial charge in [-0.2, -0.15) is 13.2 Å². The van der Waals surface area contributed by atoms with E-state index in [0.29, 0.717) is 24.9 Å². The molecule has 0 aliphatic rings. The Bertz CT molecular complexity index is 965. The molecule has 2 amide bonds. The van der Waals surface area contributed by atoms with Gasteiger partial charge in [-0.05, 0) is 62.4 Å². The highest BCUT2D eigenvalue weighted by Crippen LogP contribution is 2.31. The van der Waals surface area contributed by atoms with Gasteiger partial charge in [0, 0.05) is 13.6 Å². The summed E-state index contributed by atoms with van der Waals surface area (Å²) in [5, 5.41) is 2.91. The molecule has 0 saturated carbocycles. The van der Waals surface area contributed by atoms with Crippen LogP contribution in [-0.4, -0.2) is 42.1 Å². The molecule has 0 spiro atoms. The summed E-state index contributed by atoms with van der Waals surface area (Å²) in [5.41, 5.74) is 1.16. The van der Waals surface area contributed by atoms with Gasteiger partial charge in [0.25, 0.3) is 0 Å². The molecule has 35 heavy (non-hydrogen) atoms. The van der Waals surface area contributed by atoms with Crippen molar-refractivity contribution >= 4 is 12.0 Å². The Hall–Kier alpha value is -3.03. The van der Waals surface area contributed by atoms with E-state index in [1.807, 2.05) is 31.2 Å². The minimum absolute atomic E-state index is 0.229. The number of hydrogen-bond donors (Lipinski definition) is 1. The SMILES string of the molecule is CCCC[C@@H](C(=O)NCCc1ccc(-c2ccc(C(F)(F)F)cc2)cc1)N(C)C(=O)OC(C)(C)C. The molecule has 1 N–H and O–H groups in total. The van der Waals surface area contributed by atoms with E-state index in [0.717, 1.165) is 36.1 Å². The molecule has 1 atom stereocenters. The summed E-state index contributed by atoms with van der Waals surface area (Å²) in [4.78, 5) is 26.7. The van der Waals surface area contributed by atoms with Gasteiger partial charge in [-0.3, -0.25) is 9.69 Å². The Morgan fingerprint density at radius 3 is 2.00 bits per heavy atom. The van der Waals surface area contributed by atoms with Crippen molar-refractivity contribution < 1.29 is 27.5 Å². The number of likely N-dealkylation sites (N-methyl/N-ethyl adjacent to an activating group) is 1. The molecule has 2 aromatic rings. The molecule has 0 saturated heterocycles. The fraction of sp³-hybridized carbons (Fsp3) is 0.481. The van der Waals surface area contributed by atoms with Crippen molar-refractivity contribution in [2.45, 2.75) is 71.2 Å². The summed E-state index contributed by atoms with van der Waals surface area (Å²) < 4.78 is 43.7. The number of nitrogens with zero attached hydrogens (tertiary/aromatic N) is 1. The number of amides is 2. The first-order valence-corrected chi connectivity index (χ1v) is 11.8. The van der Waals surface area contributed by atoms with Crippen molar-refractivity contribution in [1.29, 1.82) is 0 Å². The molecule has 2 rings (SSSR count). The third kappa shape index (κ3) is 8.92. The second kappa shape index (κ2) is 12.1. The summed E-state index contributed by atoms with van der Waals surface area (Å²) in [6.45, 7) is 7.76. The Morgan fingerprint density at radius 2 is 1.51 bits per heavy atom. The van der Waals surface area contributed by atoms with Crippen LogP contribution >= 0.6 is 0 Å². The van der Waals surface area contributed by atoms with Crippen molar-refractivity contribution in [2.24, 2.45) is 0 Å². The zero-order valence-electron chi connectivity index (χ0n) is 21.0. The lowest BCUT2D eigenvalue weighted by Crippen LogP contribution is -2.49. The van der Waals surface area contributed by atoms with Gasteiger partial charge in [0.05, 0.1) is 5.56 Å². The summed E-state index contributed by atoms with van der Waals surface area (Å²) >= 11 is 0. The highest BCUT2D eigenvalue weighted by molar-refractivity contribution is 5.85. The first-order chi connectivity index (χ1) is 16.3. The Kier molecular flexibility index (Phi) is 9.74. The molecule has 0 unspecified atom stereocenters. The third-order valence-electron chi connectivity index (χ3n) is 5.50. The number of rotatable bonds is 9. The van der Waals surface area contributed by atoms with Crippen LogP contribution in [0.1, 0.15) is 58.1 Å². The van der Waals surface area contributed by atoms with Gasteiger partial charge in [-0.1, -0.05) is 56.2 Å². The largest absolute Gasteiger partial charge is 0.444 e. The number of hydrogen-bond acceptors (Lipinski definition) is 3. The Balaban J connectivity index is 1.95. The zero-order chi connectivity index (χ0) is 26.2. The van der Waals surface area contributed by atoms with Crippen molar-refractivity contribution in [2.75, 3.05) is 13.6 Å². The molecule has 0 aromatic heterocycles. The predicted molar refractivity (Wildman–Crippen MR) is 131 cm³/mol. The number of unbranched alkanes of at least 4 members (excludes halogenated alkanes) is 1. The van der Waals surface area contributed by atoms with E-state index < -0.39 is 29.5 Å². The lowest BCUT2D eigenvalue weighted by Gasteiger charge is -2.30. The topological polar surface area (TPSA) is 58.6 Å². The van der Waals surface area contributed by atoms with Crippen LogP contribution < -0.4 is 5.32 Å². The van der Waals surface area contributed by atoms with Gasteiger partial charge in [0.2, 0.25) is 5.91 Å². The van der Waals surface area contributed by atoms with Crippen molar-refractivity contribution in [1.82, 2.24) is 10.2 Å². The minimum atomic E-state index is -4.36. The maximum Gasteiger partial charge on any atom is 0.416 e. The van der Waals surface area contributed by atoms with Crippen LogP contribution in [0.25, 0.3) is 11.1 Å². The molecule has 0 aliphatic carbocycles. The van der Waals surface area contributed by atoms with E-state index in [-0.39, 0.29) is 5.91 Å². The predicted octanol–water partition coefficient (Wildman–Crippen LogP) is 6.46. The molecule has 0 heterocycles. The summed E-state index contributed by atoms with van der Waals surface area (Å²) in [6.07, 6.45) is -2.07. The highest BCUT2D eigenvalue weighted by Gasteiger charge is 2.30. The molecule has 0 fully saturated rings. The number of carbonyl (C=O) groups is 2. The van der Waals surface area contributed by atoms with E-state index in [1.54, 1.807) is 27.8 Å². The van der Waals surface area contributed by atoms with Crippen molar-refractivity contribution in [3.05, 3.63) is 59.7 Å². The smallest absolute Gasteiger partial charge is 0.416 e. The van der Waals surface area contributed by atoms with Gasteiger partial charge in [0.1, 0.15) is 11.6 Å². The summed E-state index contributed by atoms with van der Waals surface area (Å²) in [6, 6.07) is 11.9. The minimum Gasteiger partial charge on any atom is -0.444 e. The van der Waals surface area contributed by atoms with Gasteiger partial charge < -0.3 is 10.1 Å². The number of nitrogens with one attached hydrogen (secondary N) is 1. The maximum atomic E-state index is 12.8. The highest BCUT2D eigenvalue weighted by atomic mass is 19.4. The molecule has 0 bridgehead atoms. The van der Waals surface area contributed by atoms with Crippen LogP contribution in [-0.2, 0) is 22.1 Å². The van der Waals surface area contributed by atoms with E-state index in [1.165, 1.54) is 17.0 Å². The Labute approximate surface area is 205 Å². The number of benzene rings is 2. The molecule has 2 aromatic carbocycles. The second-order valence-corrected chi connectivity index (χ2v) is 9.56. The van der Waals surface area contributed by atoms with Crippen molar-refractivity contribution in [3.63, 3.8) is 0 Å². The normalized spacial score (nSPS) is 12.7. The van der Waals surface area contributed by atoms with Crippen LogP contribution in [0.5, 0.6) is 0 Å². The van der Waals surface area contributed by atoms with E-state index in [4.69, 9.17) is 4.74 Å². The number of alkyl halides is 3. The zero-order valence-corrected chi connectivity index (χ0v) is 21.0. The van der Waals surface area contributed by atoms with Crippen LogP contribution in [0.2, 0.25) is 0 Å². The molecular weight excluding hydrogens is 457 g/mol. The quantitative estimate of drug-likeness (QED) is 0.437. The summed E-state index contributed by atoms with van der Waals surface area (Å²) in [5.74, 6) is -0.229. The van der Waals surface area contributed by atoms with Gasteiger partial charge >= 0.3 is 12.3 Å². The van der Waals surface area contributed by atoms with E-state index >= 15 is 0 Å². The average Bonchev–Trinajstić information content (AvgIpc) is 2.78. The lowest BCUT2D eigenvalue weighted by molar-refractivity contribution is -0.137. The monoisotopic (exact) mass is 492 g/mol. The summed E-state index contributed by atoms with van der Waals surface area (Å²) in [7, 11) is 1.58. The van der Waals surface area contributed by atoms with E-state index in [2.05, 4.69) is 5.32 Å². The maximum absolute atomic E-state index is 12.8. The standard InChI is InChI=1S/C27H35F3N2O3/c1-6-7-8-23(32(5)25(34)35-26(2,3)4)24(33)31-18-17-19-9-11-20(12-10-19)21-13-15-22(16-14-21)27(28,29)30/h9-16,23H,6-8,17-18H2,1-5H3,(H,31,33)/t23-/m0/s1. The molecular formula is C27H35F3N2O3. The average molecular weight is 493 g/mol.